The van der Waals surface area contributed by atoms with Crippen LogP contribution in [0.1, 0.15) is 6.42 Å². The molecule has 0 aromatic rings. The molecule has 2 nitrogen and oxygen atoms in total. The van der Waals surface area contributed by atoms with Crippen molar-refractivity contribution in [2.45, 2.75) is 12.6 Å². The molecule has 0 saturated carbocycles. The Morgan fingerprint density at radius 2 is 2.00 bits per heavy atom. The predicted molar refractivity (Wildman–Crippen MR) is 34.6 cm³/mol. The molecule has 0 spiro atoms. The maximum Gasteiger partial charge on any atom is 0.394 e. The van der Waals surface area contributed by atoms with Gasteiger partial charge in [-0.3, -0.25) is 9.90 Å². The Balaban J connectivity index is 3.88. The van der Waals surface area contributed by atoms with Crippen molar-refractivity contribution in [2.24, 2.45) is 0 Å². The van der Waals surface area contributed by atoms with E-state index < -0.39 is 12.6 Å². The number of halogens is 3. The van der Waals surface area contributed by atoms with Crippen LogP contribution in [0.3, 0.4) is 0 Å². The van der Waals surface area contributed by atoms with E-state index in [0.29, 0.717) is 0 Å². The zero-order chi connectivity index (χ0) is 9.07. The van der Waals surface area contributed by atoms with Gasteiger partial charge in [0, 0.05) is 12.7 Å². The highest BCUT2D eigenvalue weighted by Gasteiger charge is 2.29. The molecule has 0 atom stereocenters. The van der Waals surface area contributed by atoms with Gasteiger partial charge >= 0.3 is 6.18 Å². The number of alkyl halides is 3. The molecule has 0 aliphatic heterocycles. The molecule has 0 heterocycles. The molecule has 0 bridgehead atoms. The molecule has 0 aliphatic carbocycles. The van der Waals surface area contributed by atoms with Gasteiger partial charge in [0.25, 0.3) is 0 Å². The molecule has 0 saturated heterocycles. The SMILES string of the molecule is C=C(CC(F)(F)F)N(C)OC. The van der Waals surface area contributed by atoms with E-state index in [1.165, 1.54) is 14.2 Å². The summed E-state index contributed by atoms with van der Waals surface area (Å²) in [6.07, 6.45) is -5.26. The molecule has 5 heteroatoms. The average Bonchev–Trinajstić information content (AvgIpc) is 1.82. The normalized spacial score (nSPS) is 11.4. The largest absolute Gasteiger partial charge is 0.394 e. The highest BCUT2D eigenvalue weighted by molar-refractivity contribution is 4.91. The van der Waals surface area contributed by atoms with Gasteiger partial charge in [-0.2, -0.15) is 13.2 Å². The van der Waals surface area contributed by atoms with E-state index in [4.69, 9.17) is 0 Å². The van der Waals surface area contributed by atoms with Crippen LogP contribution in [0.4, 0.5) is 13.2 Å². The molecule has 0 unspecified atom stereocenters. The van der Waals surface area contributed by atoms with Gasteiger partial charge in [0.1, 0.15) is 0 Å². The van der Waals surface area contributed by atoms with Crippen LogP contribution in [0.25, 0.3) is 0 Å². The van der Waals surface area contributed by atoms with Crippen LogP contribution >= 0.6 is 0 Å². The smallest absolute Gasteiger partial charge is 0.277 e. The van der Waals surface area contributed by atoms with Crippen molar-refractivity contribution in [2.75, 3.05) is 14.2 Å². The Hall–Kier alpha value is -0.710. The van der Waals surface area contributed by atoms with Crippen LogP contribution in [0.2, 0.25) is 0 Å². The van der Waals surface area contributed by atoms with Gasteiger partial charge in [0.15, 0.2) is 0 Å². The Kier molecular flexibility index (Phi) is 3.38. The highest BCUT2D eigenvalue weighted by atomic mass is 19.4. The van der Waals surface area contributed by atoms with Crippen molar-refractivity contribution in [3.63, 3.8) is 0 Å². The lowest BCUT2D eigenvalue weighted by atomic mass is 10.3. The fraction of sp³-hybridized carbons (Fsp3) is 0.667. The van der Waals surface area contributed by atoms with E-state index in [-0.39, 0.29) is 5.70 Å². The van der Waals surface area contributed by atoms with Crippen LogP contribution in [0.15, 0.2) is 12.3 Å². The third-order valence-corrected chi connectivity index (χ3v) is 1.12. The van der Waals surface area contributed by atoms with Crippen molar-refractivity contribution in [1.82, 2.24) is 5.06 Å². The van der Waals surface area contributed by atoms with Gasteiger partial charge in [-0.1, -0.05) is 6.58 Å². The lowest BCUT2D eigenvalue weighted by Gasteiger charge is -2.19. The first-order valence-corrected chi connectivity index (χ1v) is 2.89. The van der Waals surface area contributed by atoms with Gasteiger partial charge < -0.3 is 0 Å². The van der Waals surface area contributed by atoms with Crippen LogP contribution in [0, 0.1) is 0 Å². The molecule has 0 radical (unpaired) electrons. The third kappa shape index (κ3) is 4.66. The lowest BCUT2D eigenvalue weighted by molar-refractivity contribution is -0.148. The summed E-state index contributed by atoms with van der Waals surface area (Å²) in [5, 5.41) is 0.980. The van der Waals surface area contributed by atoms with Crippen molar-refractivity contribution in [3.05, 3.63) is 12.3 Å². The first-order valence-electron chi connectivity index (χ1n) is 2.89. The molecular formula is C6H10F3NO. The van der Waals surface area contributed by atoms with Crippen LogP contribution in [-0.4, -0.2) is 25.4 Å². The van der Waals surface area contributed by atoms with E-state index in [9.17, 15) is 13.2 Å². The van der Waals surface area contributed by atoms with Crippen LogP contribution in [-0.2, 0) is 4.84 Å². The number of nitrogens with zero attached hydrogens (tertiary/aromatic N) is 1. The zero-order valence-electron chi connectivity index (χ0n) is 6.40. The number of hydroxylamine groups is 2. The second-order valence-electron chi connectivity index (χ2n) is 2.04. The number of hydrogen-bond donors (Lipinski definition) is 0. The summed E-state index contributed by atoms with van der Waals surface area (Å²) in [6.45, 7) is 3.19. The van der Waals surface area contributed by atoms with Gasteiger partial charge in [-0.25, -0.2) is 0 Å². The summed E-state index contributed by atoms with van der Waals surface area (Å²) in [7, 11) is 2.65. The first kappa shape index (κ1) is 10.3. The fourth-order valence-corrected chi connectivity index (χ4v) is 0.472. The van der Waals surface area contributed by atoms with Crippen molar-refractivity contribution >= 4 is 0 Å². The molecular weight excluding hydrogens is 159 g/mol. The first-order chi connectivity index (χ1) is 4.87. The minimum Gasteiger partial charge on any atom is -0.277 e. The van der Waals surface area contributed by atoms with Crippen LogP contribution in [0.5, 0.6) is 0 Å². The predicted octanol–water partition coefficient (Wildman–Crippen LogP) is 1.95. The Morgan fingerprint density at radius 1 is 1.55 bits per heavy atom. The van der Waals surface area contributed by atoms with E-state index in [0.717, 1.165) is 5.06 Å². The molecule has 0 N–H and O–H groups in total. The molecule has 66 valence electrons. The van der Waals surface area contributed by atoms with Crippen LogP contribution < -0.4 is 0 Å². The number of allylic oxidation sites excluding steroid dienone is 1. The van der Waals surface area contributed by atoms with E-state index in [2.05, 4.69) is 11.4 Å². The average molecular weight is 169 g/mol. The highest BCUT2D eigenvalue weighted by Crippen LogP contribution is 2.24. The van der Waals surface area contributed by atoms with Crippen molar-refractivity contribution < 1.29 is 18.0 Å². The summed E-state index contributed by atoms with van der Waals surface area (Å²) >= 11 is 0. The minimum atomic E-state index is -4.22. The molecule has 11 heavy (non-hydrogen) atoms. The summed E-state index contributed by atoms with van der Waals surface area (Å²) in [4.78, 5) is 4.49. The summed E-state index contributed by atoms with van der Waals surface area (Å²) in [6, 6.07) is 0. The van der Waals surface area contributed by atoms with E-state index >= 15 is 0 Å². The second kappa shape index (κ2) is 3.61. The second-order valence-corrected chi connectivity index (χ2v) is 2.04. The fourth-order valence-electron chi connectivity index (χ4n) is 0.472. The van der Waals surface area contributed by atoms with Gasteiger partial charge in [0.05, 0.1) is 13.5 Å². The molecule has 0 aromatic heterocycles. The number of hydrogen-bond acceptors (Lipinski definition) is 2. The summed E-state index contributed by atoms with van der Waals surface area (Å²) in [5.74, 6) is 0. The molecule has 0 rings (SSSR count). The monoisotopic (exact) mass is 169 g/mol. The topological polar surface area (TPSA) is 12.5 Å². The third-order valence-electron chi connectivity index (χ3n) is 1.12. The molecule has 0 aromatic carbocycles. The standard InChI is InChI=1S/C6H10F3NO/c1-5(10(2)11-3)4-6(7,8)9/h1,4H2,2-3H3. The summed E-state index contributed by atoms with van der Waals surface area (Å²) in [5.41, 5.74) is -0.111. The van der Waals surface area contributed by atoms with E-state index in [1.54, 1.807) is 0 Å². The zero-order valence-corrected chi connectivity index (χ0v) is 6.40. The Labute approximate surface area is 63.2 Å². The lowest BCUT2D eigenvalue weighted by Crippen LogP contribution is -2.20. The number of rotatable bonds is 3. The van der Waals surface area contributed by atoms with Gasteiger partial charge in [-0.05, 0) is 0 Å². The maximum atomic E-state index is 11.7. The van der Waals surface area contributed by atoms with Gasteiger partial charge in [0.2, 0.25) is 0 Å². The molecule has 0 aliphatic rings. The van der Waals surface area contributed by atoms with E-state index in [1.807, 2.05) is 0 Å². The molecule has 0 amide bonds. The minimum absolute atomic E-state index is 0.111. The quantitative estimate of drug-likeness (QED) is 0.598. The Morgan fingerprint density at radius 3 is 2.27 bits per heavy atom. The maximum absolute atomic E-state index is 11.7. The molecule has 0 fully saturated rings. The van der Waals surface area contributed by atoms with Crippen molar-refractivity contribution in [3.8, 4) is 0 Å². The Bertz CT molecular complexity index is 143. The van der Waals surface area contributed by atoms with Crippen molar-refractivity contribution in [1.29, 1.82) is 0 Å². The van der Waals surface area contributed by atoms with Gasteiger partial charge in [-0.15, -0.1) is 0 Å². The summed E-state index contributed by atoms with van der Waals surface area (Å²) < 4.78 is 35.0.